The first kappa shape index (κ1) is 16.7. The second-order valence-electron chi connectivity index (χ2n) is 5.03. The van der Waals surface area contributed by atoms with Crippen molar-refractivity contribution in [2.75, 3.05) is 10.6 Å². The lowest BCUT2D eigenvalue weighted by Crippen LogP contribution is -2.31. The topological polar surface area (TPSA) is 41.1 Å². The summed E-state index contributed by atoms with van der Waals surface area (Å²) in [7, 11) is 0. The first-order valence-corrected chi connectivity index (χ1v) is 7.86. The van der Waals surface area contributed by atoms with E-state index in [2.05, 4.69) is 17.6 Å². The number of rotatable bonds is 5. The monoisotopic (exact) mass is 336 g/mol. The lowest BCUT2D eigenvalue weighted by atomic mass is 10.1. The summed E-state index contributed by atoms with van der Waals surface area (Å²) in [6, 6.07) is 12.6. The highest BCUT2D eigenvalue weighted by Gasteiger charge is 2.14. The highest BCUT2D eigenvalue weighted by molar-refractivity contribution is 6.36. The standard InChI is InChI=1S/C17H18Cl2N2O/c1-3-12-4-7-14(8-5-12)20-11(2)17(22)21-16-9-6-13(18)10-15(16)19/h4-11,20H,3H2,1-2H3,(H,21,22)/t11-/m1/s1. The smallest absolute Gasteiger partial charge is 0.246 e. The van der Waals surface area contributed by atoms with Crippen molar-refractivity contribution >= 4 is 40.5 Å². The molecule has 0 fully saturated rings. The van der Waals surface area contributed by atoms with Crippen molar-refractivity contribution in [2.45, 2.75) is 26.3 Å². The summed E-state index contributed by atoms with van der Waals surface area (Å²) in [4.78, 5) is 12.2. The van der Waals surface area contributed by atoms with Crippen LogP contribution in [-0.2, 0) is 11.2 Å². The molecule has 0 aliphatic rings. The van der Waals surface area contributed by atoms with Gasteiger partial charge >= 0.3 is 0 Å². The molecule has 0 spiro atoms. The molecule has 116 valence electrons. The minimum absolute atomic E-state index is 0.163. The molecule has 3 nitrogen and oxygen atoms in total. The molecule has 1 amide bonds. The van der Waals surface area contributed by atoms with Gasteiger partial charge in [-0.15, -0.1) is 0 Å². The van der Waals surface area contributed by atoms with Gasteiger partial charge in [-0.1, -0.05) is 42.3 Å². The normalized spacial score (nSPS) is 11.8. The second kappa shape index (κ2) is 7.52. The lowest BCUT2D eigenvalue weighted by molar-refractivity contribution is -0.116. The third-order valence-electron chi connectivity index (χ3n) is 3.33. The average molecular weight is 337 g/mol. The Labute approximate surface area is 140 Å². The maximum absolute atomic E-state index is 12.2. The molecule has 0 saturated carbocycles. The van der Waals surface area contributed by atoms with E-state index in [1.165, 1.54) is 5.56 Å². The predicted octanol–water partition coefficient (Wildman–Crippen LogP) is 4.99. The number of hydrogen-bond acceptors (Lipinski definition) is 2. The molecule has 0 bridgehead atoms. The Morgan fingerprint density at radius 3 is 2.41 bits per heavy atom. The van der Waals surface area contributed by atoms with E-state index in [4.69, 9.17) is 23.2 Å². The van der Waals surface area contributed by atoms with Crippen molar-refractivity contribution in [3.8, 4) is 0 Å². The van der Waals surface area contributed by atoms with E-state index in [1.54, 1.807) is 25.1 Å². The number of carbonyl (C=O) groups is 1. The average Bonchev–Trinajstić information content (AvgIpc) is 2.50. The van der Waals surface area contributed by atoms with Gasteiger partial charge in [-0.2, -0.15) is 0 Å². The Kier molecular flexibility index (Phi) is 5.69. The Bertz CT molecular complexity index is 656. The largest absolute Gasteiger partial charge is 0.374 e. The summed E-state index contributed by atoms with van der Waals surface area (Å²) in [5, 5.41) is 6.90. The Hall–Kier alpha value is -1.71. The van der Waals surface area contributed by atoms with Crippen LogP contribution < -0.4 is 10.6 Å². The zero-order chi connectivity index (χ0) is 16.1. The Morgan fingerprint density at radius 2 is 1.82 bits per heavy atom. The van der Waals surface area contributed by atoms with Crippen molar-refractivity contribution in [3.63, 3.8) is 0 Å². The van der Waals surface area contributed by atoms with Crippen molar-refractivity contribution in [3.05, 3.63) is 58.1 Å². The molecule has 0 unspecified atom stereocenters. The first-order chi connectivity index (χ1) is 10.5. The molecule has 0 heterocycles. The van der Waals surface area contributed by atoms with Gasteiger partial charge in [-0.25, -0.2) is 0 Å². The molecule has 0 aliphatic heterocycles. The van der Waals surface area contributed by atoms with Gasteiger partial charge in [0.15, 0.2) is 0 Å². The Morgan fingerprint density at radius 1 is 1.14 bits per heavy atom. The van der Waals surface area contributed by atoms with E-state index in [-0.39, 0.29) is 11.9 Å². The van der Waals surface area contributed by atoms with Crippen molar-refractivity contribution in [2.24, 2.45) is 0 Å². The molecule has 5 heteroatoms. The molecule has 0 aliphatic carbocycles. The fourth-order valence-corrected chi connectivity index (χ4v) is 2.44. The number of aryl methyl sites for hydroxylation is 1. The van der Waals surface area contributed by atoms with Crippen LogP contribution in [-0.4, -0.2) is 11.9 Å². The van der Waals surface area contributed by atoms with E-state index in [1.807, 2.05) is 24.3 Å². The molecule has 2 aromatic rings. The minimum Gasteiger partial charge on any atom is -0.374 e. The number of carbonyl (C=O) groups excluding carboxylic acids is 1. The summed E-state index contributed by atoms with van der Waals surface area (Å²) in [6.07, 6.45) is 0.991. The number of benzene rings is 2. The van der Waals surface area contributed by atoms with Gasteiger partial charge in [0.1, 0.15) is 6.04 Å². The van der Waals surface area contributed by atoms with Gasteiger partial charge in [0, 0.05) is 10.7 Å². The number of hydrogen-bond donors (Lipinski definition) is 2. The lowest BCUT2D eigenvalue weighted by Gasteiger charge is -2.16. The van der Waals surface area contributed by atoms with Gasteiger partial charge in [0.05, 0.1) is 10.7 Å². The maximum atomic E-state index is 12.2. The summed E-state index contributed by atoms with van der Waals surface area (Å²) >= 11 is 11.9. The van der Waals surface area contributed by atoms with Gasteiger partial charge in [0.25, 0.3) is 0 Å². The van der Waals surface area contributed by atoms with Crippen molar-refractivity contribution in [1.29, 1.82) is 0 Å². The van der Waals surface area contributed by atoms with Crippen molar-refractivity contribution in [1.82, 2.24) is 0 Å². The molecule has 2 rings (SSSR count). The summed E-state index contributed by atoms with van der Waals surface area (Å²) < 4.78 is 0. The third kappa shape index (κ3) is 4.39. The van der Waals surface area contributed by atoms with Gasteiger partial charge in [0.2, 0.25) is 5.91 Å². The summed E-state index contributed by atoms with van der Waals surface area (Å²) in [5.74, 6) is -0.163. The van der Waals surface area contributed by atoms with Crippen molar-refractivity contribution < 1.29 is 4.79 Å². The minimum atomic E-state index is -0.390. The van der Waals surface area contributed by atoms with Gasteiger partial charge in [-0.3, -0.25) is 4.79 Å². The highest BCUT2D eigenvalue weighted by Crippen LogP contribution is 2.25. The Balaban J connectivity index is 1.99. The maximum Gasteiger partial charge on any atom is 0.246 e. The molecule has 22 heavy (non-hydrogen) atoms. The van der Waals surface area contributed by atoms with Gasteiger partial charge < -0.3 is 10.6 Å². The molecular formula is C17H18Cl2N2O. The molecule has 2 N–H and O–H groups in total. The zero-order valence-electron chi connectivity index (χ0n) is 12.5. The number of nitrogens with one attached hydrogen (secondary N) is 2. The first-order valence-electron chi connectivity index (χ1n) is 7.11. The number of amides is 1. The summed E-state index contributed by atoms with van der Waals surface area (Å²) in [5.41, 5.74) is 2.71. The van der Waals surface area contributed by atoms with Crippen LogP contribution in [0, 0.1) is 0 Å². The van der Waals surface area contributed by atoms with E-state index >= 15 is 0 Å². The van der Waals surface area contributed by atoms with Crippen LogP contribution in [0.5, 0.6) is 0 Å². The van der Waals surface area contributed by atoms with Crippen LogP contribution in [0.15, 0.2) is 42.5 Å². The van der Waals surface area contributed by atoms with Crippen LogP contribution in [0.2, 0.25) is 10.0 Å². The third-order valence-corrected chi connectivity index (χ3v) is 3.88. The highest BCUT2D eigenvalue weighted by atomic mass is 35.5. The van der Waals surface area contributed by atoms with E-state index in [9.17, 15) is 4.79 Å². The fraction of sp³-hybridized carbons (Fsp3) is 0.235. The van der Waals surface area contributed by atoms with Crippen LogP contribution in [0.3, 0.4) is 0 Å². The molecule has 1 atom stereocenters. The van der Waals surface area contributed by atoms with Crippen LogP contribution in [0.1, 0.15) is 19.4 Å². The van der Waals surface area contributed by atoms with E-state index in [0.717, 1.165) is 12.1 Å². The second-order valence-corrected chi connectivity index (χ2v) is 5.87. The molecular weight excluding hydrogens is 319 g/mol. The van der Waals surface area contributed by atoms with Crippen LogP contribution in [0.25, 0.3) is 0 Å². The van der Waals surface area contributed by atoms with E-state index in [0.29, 0.717) is 15.7 Å². The predicted molar refractivity (Wildman–Crippen MR) is 94.0 cm³/mol. The van der Waals surface area contributed by atoms with Crippen LogP contribution in [0.4, 0.5) is 11.4 Å². The zero-order valence-corrected chi connectivity index (χ0v) is 14.0. The number of halogens is 2. The molecule has 2 aromatic carbocycles. The fourth-order valence-electron chi connectivity index (χ4n) is 1.98. The van der Waals surface area contributed by atoms with Gasteiger partial charge in [-0.05, 0) is 49.2 Å². The summed E-state index contributed by atoms with van der Waals surface area (Å²) in [6.45, 7) is 3.90. The molecule has 0 aromatic heterocycles. The SMILES string of the molecule is CCc1ccc(N[C@H](C)C(=O)Nc2ccc(Cl)cc2Cl)cc1. The number of anilines is 2. The quantitative estimate of drug-likeness (QED) is 0.806. The molecule has 0 radical (unpaired) electrons. The molecule has 0 saturated heterocycles. The van der Waals surface area contributed by atoms with Crippen LogP contribution >= 0.6 is 23.2 Å². The van der Waals surface area contributed by atoms with E-state index < -0.39 is 0 Å².